The average Bonchev–Trinajstić information content (AvgIpc) is 2.73. The van der Waals surface area contributed by atoms with Crippen molar-refractivity contribution in [3.63, 3.8) is 0 Å². The summed E-state index contributed by atoms with van der Waals surface area (Å²) in [6.45, 7) is 5.59. The van der Waals surface area contributed by atoms with E-state index in [-0.39, 0.29) is 17.6 Å². The first-order valence-corrected chi connectivity index (χ1v) is 7.00. The van der Waals surface area contributed by atoms with Crippen LogP contribution in [0.4, 0.5) is 22.7 Å². The summed E-state index contributed by atoms with van der Waals surface area (Å²) in [6.07, 6.45) is -0.298. The Balaban J connectivity index is 2.54. The topological polar surface area (TPSA) is 38.9 Å². The summed E-state index contributed by atoms with van der Waals surface area (Å²) in [7, 11) is 0. The zero-order chi connectivity index (χ0) is 15.9. The lowest BCUT2D eigenvalue weighted by molar-refractivity contribution is 0.441. The van der Waals surface area contributed by atoms with Gasteiger partial charge in [-0.3, -0.25) is 0 Å². The van der Waals surface area contributed by atoms with E-state index in [0.29, 0.717) is 10.6 Å². The molecule has 0 spiro atoms. The lowest BCUT2D eigenvalue weighted by Gasteiger charge is -2.17. The van der Waals surface area contributed by atoms with Crippen molar-refractivity contribution in [1.82, 2.24) is 4.98 Å². The summed E-state index contributed by atoms with van der Waals surface area (Å²) in [5.41, 5.74) is 5.15. The molecule has 21 heavy (non-hydrogen) atoms. The number of halogens is 4. The van der Waals surface area contributed by atoms with Crippen LogP contribution < -0.4 is 5.73 Å². The largest absolute Gasteiger partial charge is 0.375 e. The summed E-state index contributed by atoms with van der Waals surface area (Å²) < 4.78 is 54.0. The lowest BCUT2D eigenvalue weighted by atomic mass is 9.90. The molecule has 0 fully saturated rings. The van der Waals surface area contributed by atoms with Crippen LogP contribution in [0.1, 0.15) is 36.9 Å². The van der Waals surface area contributed by atoms with Crippen molar-refractivity contribution in [3.05, 3.63) is 45.5 Å². The van der Waals surface area contributed by atoms with Gasteiger partial charge in [-0.2, -0.15) is 0 Å². The van der Waals surface area contributed by atoms with E-state index >= 15 is 0 Å². The molecule has 0 aliphatic carbocycles. The summed E-state index contributed by atoms with van der Waals surface area (Å²) in [5, 5.41) is 0.243. The molecule has 0 bridgehead atoms. The Hall–Kier alpha value is -1.63. The molecule has 0 radical (unpaired) electrons. The number of anilines is 1. The van der Waals surface area contributed by atoms with Crippen molar-refractivity contribution >= 4 is 16.5 Å². The molecule has 2 rings (SSSR count). The molecule has 0 aliphatic rings. The van der Waals surface area contributed by atoms with Gasteiger partial charge in [0.1, 0.15) is 0 Å². The number of hydrogen-bond donors (Lipinski definition) is 1. The van der Waals surface area contributed by atoms with Gasteiger partial charge in [-0.1, -0.05) is 20.8 Å². The van der Waals surface area contributed by atoms with Crippen LogP contribution in [0.3, 0.4) is 0 Å². The first-order valence-electron chi connectivity index (χ1n) is 6.18. The van der Waals surface area contributed by atoms with Gasteiger partial charge in [-0.25, -0.2) is 22.5 Å². The summed E-state index contributed by atoms with van der Waals surface area (Å²) >= 11 is 1.05. The molecule has 0 aliphatic heterocycles. The van der Waals surface area contributed by atoms with Crippen LogP contribution in [0.5, 0.6) is 0 Å². The predicted octanol–water partition coefficient (Wildman–Crippen LogP) is 4.17. The molecular weight excluding hydrogens is 304 g/mol. The highest BCUT2D eigenvalue weighted by Crippen LogP contribution is 2.33. The van der Waals surface area contributed by atoms with Crippen LogP contribution in [0.2, 0.25) is 0 Å². The molecule has 114 valence electrons. The Morgan fingerprint density at radius 2 is 1.62 bits per heavy atom. The monoisotopic (exact) mass is 318 g/mol. The number of benzene rings is 1. The van der Waals surface area contributed by atoms with Crippen molar-refractivity contribution in [2.45, 2.75) is 32.6 Å². The van der Waals surface area contributed by atoms with Gasteiger partial charge in [0.05, 0.1) is 5.69 Å². The highest BCUT2D eigenvalue weighted by atomic mass is 32.1. The highest BCUT2D eigenvalue weighted by Gasteiger charge is 2.26. The van der Waals surface area contributed by atoms with Crippen molar-refractivity contribution in [3.8, 4) is 0 Å². The molecule has 0 unspecified atom stereocenters. The van der Waals surface area contributed by atoms with Gasteiger partial charge >= 0.3 is 0 Å². The minimum Gasteiger partial charge on any atom is -0.375 e. The Morgan fingerprint density at radius 3 is 2.10 bits per heavy atom. The number of nitrogen functional groups attached to an aromatic ring is 1. The highest BCUT2D eigenvalue weighted by molar-refractivity contribution is 7.15. The molecule has 0 saturated carbocycles. The standard InChI is InChI=1S/C14H14F4N2S/c1-14(2,3)12-9(21-13(19)20-12)4-6-10(17)7(15)5-8(16)11(6)18/h5H,4H2,1-3H3,(H2,19,20). The summed E-state index contributed by atoms with van der Waals surface area (Å²) in [5.74, 6) is -5.61. The fourth-order valence-corrected chi connectivity index (χ4v) is 3.07. The van der Waals surface area contributed by atoms with Crippen LogP contribution in [0, 0.1) is 23.3 Å². The number of rotatable bonds is 2. The average molecular weight is 318 g/mol. The molecule has 0 amide bonds. The fourth-order valence-electron chi connectivity index (χ4n) is 2.01. The van der Waals surface area contributed by atoms with Crippen LogP contribution >= 0.6 is 11.3 Å². The van der Waals surface area contributed by atoms with Crippen LogP contribution in [-0.4, -0.2) is 4.98 Å². The third-order valence-electron chi connectivity index (χ3n) is 2.96. The van der Waals surface area contributed by atoms with Gasteiger partial charge < -0.3 is 5.73 Å². The van der Waals surface area contributed by atoms with Crippen LogP contribution in [0.15, 0.2) is 6.07 Å². The fraction of sp³-hybridized carbons (Fsp3) is 0.357. The second-order valence-electron chi connectivity index (χ2n) is 5.70. The summed E-state index contributed by atoms with van der Waals surface area (Å²) in [6, 6.07) is 0.194. The molecule has 1 aromatic carbocycles. The molecule has 2 aromatic rings. The number of nitrogens with two attached hydrogens (primary N) is 1. The molecule has 2 nitrogen and oxygen atoms in total. The summed E-state index contributed by atoms with van der Waals surface area (Å²) in [4.78, 5) is 4.63. The zero-order valence-corrected chi connectivity index (χ0v) is 12.5. The third-order valence-corrected chi connectivity index (χ3v) is 3.85. The minimum atomic E-state index is -1.42. The van der Waals surface area contributed by atoms with Gasteiger partial charge in [0.15, 0.2) is 28.4 Å². The van der Waals surface area contributed by atoms with Gasteiger partial charge in [-0.15, -0.1) is 11.3 Å². The van der Waals surface area contributed by atoms with Crippen molar-refractivity contribution in [2.75, 3.05) is 5.73 Å². The number of nitrogens with zero attached hydrogens (tertiary/aromatic N) is 1. The van der Waals surface area contributed by atoms with Crippen molar-refractivity contribution in [1.29, 1.82) is 0 Å². The smallest absolute Gasteiger partial charge is 0.180 e. The van der Waals surface area contributed by atoms with E-state index in [1.807, 2.05) is 20.8 Å². The molecule has 0 atom stereocenters. The van der Waals surface area contributed by atoms with E-state index in [1.54, 1.807) is 0 Å². The Bertz CT molecular complexity index is 663. The van der Waals surface area contributed by atoms with E-state index < -0.39 is 34.2 Å². The van der Waals surface area contributed by atoms with E-state index in [9.17, 15) is 17.6 Å². The van der Waals surface area contributed by atoms with Gasteiger partial charge in [0.25, 0.3) is 0 Å². The van der Waals surface area contributed by atoms with E-state index in [4.69, 9.17) is 5.73 Å². The normalized spacial score (nSPS) is 12.0. The Kier molecular flexibility index (Phi) is 3.97. The quantitative estimate of drug-likeness (QED) is 0.667. The number of aromatic nitrogens is 1. The lowest BCUT2D eigenvalue weighted by Crippen LogP contribution is -2.15. The number of hydrogen-bond acceptors (Lipinski definition) is 3. The third kappa shape index (κ3) is 3.02. The molecule has 0 saturated heterocycles. The molecule has 2 N–H and O–H groups in total. The molecule has 1 aromatic heterocycles. The van der Waals surface area contributed by atoms with Gasteiger partial charge in [-0.05, 0) is 0 Å². The Morgan fingerprint density at radius 1 is 1.10 bits per heavy atom. The predicted molar refractivity (Wildman–Crippen MR) is 74.3 cm³/mol. The minimum absolute atomic E-state index is 0.194. The maximum atomic E-state index is 13.7. The van der Waals surface area contributed by atoms with E-state index in [2.05, 4.69) is 4.98 Å². The van der Waals surface area contributed by atoms with Crippen molar-refractivity contribution in [2.24, 2.45) is 0 Å². The molecule has 1 heterocycles. The number of thiazole rings is 1. The van der Waals surface area contributed by atoms with Crippen LogP contribution in [-0.2, 0) is 11.8 Å². The van der Waals surface area contributed by atoms with Crippen LogP contribution in [0.25, 0.3) is 0 Å². The second-order valence-corrected chi connectivity index (χ2v) is 6.81. The van der Waals surface area contributed by atoms with E-state index in [0.717, 1.165) is 11.3 Å². The second kappa shape index (κ2) is 5.29. The molecular formula is C14H14F4N2S. The SMILES string of the molecule is CC(C)(C)c1nc(N)sc1Cc1c(F)c(F)cc(F)c1F. The van der Waals surface area contributed by atoms with Gasteiger partial charge in [0, 0.05) is 28.3 Å². The molecule has 7 heteroatoms. The van der Waals surface area contributed by atoms with Crippen molar-refractivity contribution < 1.29 is 17.6 Å². The Labute approximate surface area is 123 Å². The van der Waals surface area contributed by atoms with E-state index in [1.165, 1.54) is 0 Å². The first kappa shape index (κ1) is 15.8. The maximum Gasteiger partial charge on any atom is 0.180 e. The maximum absolute atomic E-state index is 13.7. The first-order chi connectivity index (χ1) is 9.61. The zero-order valence-electron chi connectivity index (χ0n) is 11.7. The van der Waals surface area contributed by atoms with Gasteiger partial charge in [0.2, 0.25) is 0 Å².